The Kier molecular flexibility index (Phi) is 24.7. The summed E-state index contributed by atoms with van der Waals surface area (Å²) in [7, 11) is -4.26. The second kappa shape index (κ2) is 25.1. The van der Waals surface area contributed by atoms with Crippen LogP contribution in [0.1, 0.15) is 110 Å². The van der Waals surface area contributed by atoms with Crippen molar-refractivity contribution in [3.63, 3.8) is 0 Å². The van der Waals surface area contributed by atoms with Gasteiger partial charge in [-0.25, -0.2) is 4.57 Å². The molecule has 4 N–H and O–H groups in total. The molecule has 0 saturated heterocycles. The summed E-state index contributed by atoms with van der Waals surface area (Å²) in [6.45, 7) is 3.10. The van der Waals surface area contributed by atoms with Gasteiger partial charge in [0.1, 0.15) is 6.10 Å². The van der Waals surface area contributed by atoms with Gasteiger partial charge in [-0.15, -0.1) is 0 Å². The molecule has 0 heterocycles. The predicted octanol–water partition coefficient (Wildman–Crippen LogP) is 5.83. The second-order valence-electron chi connectivity index (χ2n) is 9.06. The zero-order valence-electron chi connectivity index (χ0n) is 22.0. The van der Waals surface area contributed by atoms with Crippen LogP contribution in [0.2, 0.25) is 0 Å². The first-order chi connectivity index (χ1) is 16.9. The van der Waals surface area contributed by atoms with Crippen molar-refractivity contribution in [2.45, 2.75) is 116 Å². The lowest BCUT2D eigenvalue weighted by Gasteiger charge is -2.21. The van der Waals surface area contributed by atoms with E-state index in [2.05, 4.69) is 6.92 Å². The molecule has 0 saturated carbocycles. The summed E-state index contributed by atoms with van der Waals surface area (Å²) in [5.41, 5.74) is 5.30. The molecule has 0 rings (SSSR count). The van der Waals surface area contributed by atoms with Crippen LogP contribution in [-0.2, 0) is 27.9 Å². The molecule has 0 aliphatic carbocycles. The third-order valence-corrected chi connectivity index (χ3v) is 6.66. The van der Waals surface area contributed by atoms with Crippen molar-refractivity contribution in [3.8, 4) is 0 Å². The van der Waals surface area contributed by atoms with Crippen molar-refractivity contribution in [2.24, 2.45) is 5.73 Å². The number of nitrogens with two attached hydrogens (primary N) is 1. The highest BCUT2D eigenvalue weighted by Crippen LogP contribution is 2.44. The number of rotatable bonds is 28. The van der Waals surface area contributed by atoms with Gasteiger partial charge in [0.25, 0.3) is 0 Å². The Morgan fingerprint density at radius 1 is 0.771 bits per heavy atom. The van der Waals surface area contributed by atoms with E-state index < -0.39 is 19.9 Å². The minimum atomic E-state index is -4.26. The van der Waals surface area contributed by atoms with E-state index in [0.717, 1.165) is 12.8 Å². The van der Waals surface area contributed by atoms with Gasteiger partial charge in [-0.05, 0) is 12.8 Å². The molecule has 0 aromatic rings. The van der Waals surface area contributed by atoms with Crippen molar-refractivity contribution < 1.29 is 37.9 Å². The summed E-state index contributed by atoms with van der Waals surface area (Å²) in [6.07, 6.45) is 17.6. The van der Waals surface area contributed by atoms with E-state index in [-0.39, 0.29) is 39.4 Å². The van der Waals surface area contributed by atoms with Gasteiger partial charge >= 0.3 is 13.8 Å². The highest BCUT2D eigenvalue weighted by molar-refractivity contribution is 7.47. The van der Waals surface area contributed by atoms with E-state index in [1.165, 1.54) is 77.0 Å². The Morgan fingerprint density at radius 2 is 1.23 bits per heavy atom. The Bertz CT molecular complexity index is 524. The van der Waals surface area contributed by atoms with E-state index in [1.54, 1.807) is 0 Å². The predicted molar refractivity (Wildman–Crippen MR) is 139 cm³/mol. The summed E-state index contributed by atoms with van der Waals surface area (Å²) in [4.78, 5) is 20.4. The SMILES string of the molecule is CCCCCCCCCCCCCCCCOCC(COCCCC(=O)O)OP(=O)(O)OCCN. The van der Waals surface area contributed by atoms with Gasteiger partial charge in [0, 0.05) is 26.2 Å². The summed E-state index contributed by atoms with van der Waals surface area (Å²) >= 11 is 0. The van der Waals surface area contributed by atoms with Crippen LogP contribution in [0.25, 0.3) is 0 Å². The maximum atomic E-state index is 12.0. The summed E-state index contributed by atoms with van der Waals surface area (Å²) < 4.78 is 33.0. The van der Waals surface area contributed by atoms with E-state index in [9.17, 15) is 14.3 Å². The Labute approximate surface area is 213 Å². The summed E-state index contributed by atoms with van der Waals surface area (Å²) in [6, 6.07) is 0. The smallest absolute Gasteiger partial charge is 0.472 e. The number of ether oxygens (including phenoxy) is 2. The van der Waals surface area contributed by atoms with Crippen LogP contribution in [-0.4, -0.2) is 61.7 Å². The third-order valence-electron chi connectivity index (χ3n) is 5.58. The van der Waals surface area contributed by atoms with Crippen LogP contribution in [0, 0.1) is 0 Å². The molecule has 0 aliphatic heterocycles. The minimum absolute atomic E-state index is 0.000741. The van der Waals surface area contributed by atoms with Crippen LogP contribution in [0.4, 0.5) is 0 Å². The zero-order chi connectivity index (χ0) is 26.0. The standard InChI is InChI=1S/C25H52NO8P/c1-2-3-4-5-6-7-8-9-10-11-12-13-14-15-19-31-22-24(23-32-20-16-17-25(27)28)34-35(29,30)33-21-18-26/h24H,2-23,26H2,1H3,(H,27,28)(H,29,30). The minimum Gasteiger partial charge on any atom is -0.481 e. The molecule has 9 nitrogen and oxygen atoms in total. The second-order valence-corrected chi connectivity index (χ2v) is 10.5. The van der Waals surface area contributed by atoms with Crippen LogP contribution in [0.15, 0.2) is 0 Å². The van der Waals surface area contributed by atoms with Crippen molar-refractivity contribution >= 4 is 13.8 Å². The molecule has 2 atom stereocenters. The van der Waals surface area contributed by atoms with E-state index in [0.29, 0.717) is 13.0 Å². The Morgan fingerprint density at radius 3 is 1.69 bits per heavy atom. The van der Waals surface area contributed by atoms with Crippen molar-refractivity contribution in [3.05, 3.63) is 0 Å². The fraction of sp³-hybridized carbons (Fsp3) is 0.960. The molecule has 0 spiro atoms. The molecule has 2 unspecified atom stereocenters. The monoisotopic (exact) mass is 525 g/mol. The molecule has 35 heavy (non-hydrogen) atoms. The maximum absolute atomic E-state index is 12.0. The van der Waals surface area contributed by atoms with Crippen LogP contribution in [0.5, 0.6) is 0 Å². The first-order valence-electron chi connectivity index (χ1n) is 13.6. The lowest BCUT2D eigenvalue weighted by molar-refractivity contribution is -0.137. The Balaban J connectivity index is 3.83. The fourth-order valence-corrected chi connectivity index (χ4v) is 4.55. The normalized spacial score (nSPS) is 14.1. The lowest BCUT2D eigenvalue weighted by Crippen LogP contribution is -2.26. The molecule has 0 aromatic carbocycles. The van der Waals surface area contributed by atoms with Crippen molar-refractivity contribution in [1.82, 2.24) is 0 Å². The molecule has 0 bridgehead atoms. The van der Waals surface area contributed by atoms with E-state index in [1.807, 2.05) is 0 Å². The van der Waals surface area contributed by atoms with Gasteiger partial charge in [0.05, 0.1) is 19.8 Å². The Hall–Kier alpha value is -0.540. The third kappa shape index (κ3) is 26.3. The molecule has 0 amide bonds. The molecule has 0 aromatic heterocycles. The highest BCUT2D eigenvalue weighted by atomic mass is 31.2. The number of aliphatic carboxylic acids is 1. The zero-order valence-corrected chi connectivity index (χ0v) is 22.9. The van der Waals surface area contributed by atoms with E-state index >= 15 is 0 Å². The molecular formula is C25H52NO8P. The number of carboxylic acid groups (broad SMARTS) is 1. The van der Waals surface area contributed by atoms with Gasteiger partial charge in [-0.1, -0.05) is 90.4 Å². The molecule has 0 aliphatic rings. The molecule has 0 fully saturated rings. The number of phosphoric ester groups is 1. The van der Waals surface area contributed by atoms with Gasteiger partial charge in [-0.3, -0.25) is 13.8 Å². The summed E-state index contributed by atoms with van der Waals surface area (Å²) in [5.74, 6) is -0.895. The largest absolute Gasteiger partial charge is 0.481 e. The highest BCUT2D eigenvalue weighted by Gasteiger charge is 2.27. The summed E-state index contributed by atoms with van der Waals surface area (Å²) in [5, 5.41) is 8.67. The topological polar surface area (TPSA) is 138 Å². The van der Waals surface area contributed by atoms with Gasteiger partial charge in [0.15, 0.2) is 0 Å². The first-order valence-corrected chi connectivity index (χ1v) is 15.1. The number of unbranched alkanes of at least 4 members (excludes halogenated alkanes) is 13. The number of phosphoric acid groups is 1. The van der Waals surface area contributed by atoms with Crippen LogP contribution in [0.3, 0.4) is 0 Å². The van der Waals surface area contributed by atoms with Crippen LogP contribution >= 0.6 is 7.82 Å². The maximum Gasteiger partial charge on any atom is 0.472 e. The number of carboxylic acids is 1. The fourth-order valence-electron chi connectivity index (χ4n) is 3.65. The average molecular weight is 526 g/mol. The number of carbonyl (C=O) groups is 1. The van der Waals surface area contributed by atoms with Crippen molar-refractivity contribution in [2.75, 3.05) is 39.6 Å². The number of hydrogen-bond donors (Lipinski definition) is 3. The van der Waals surface area contributed by atoms with Gasteiger partial charge < -0.3 is 25.2 Å². The van der Waals surface area contributed by atoms with Crippen LogP contribution < -0.4 is 5.73 Å². The van der Waals surface area contributed by atoms with E-state index in [4.69, 9.17) is 29.4 Å². The van der Waals surface area contributed by atoms with Gasteiger partial charge in [-0.2, -0.15) is 0 Å². The molecular weight excluding hydrogens is 473 g/mol. The first kappa shape index (κ1) is 34.5. The molecule has 210 valence electrons. The lowest BCUT2D eigenvalue weighted by atomic mass is 10.0. The molecule has 0 radical (unpaired) electrons. The van der Waals surface area contributed by atoms with Crippen molar-refractivity contribution in [1.29, 1.82) is 0 Å². The quantitative estimate of drug-likeness (QED) is 0.0851. The molecule has 10 heteroatoms. The van der Waals surface area contributed by atoms with Gasteiger partial charge in [0.2, 0.25) is 0 Å². The number of hydrogen-bond acceptors (Lipinski definition) is 7. The average Bonchev–Trinajstić information content (AvgIpc) is 2.81.